The van der Waals surface area contributed by atoms with Crippen molar-refractivity contribution in [1.29, 1.82) is 0 Å². The number of furan rings is 1. The Morgan fingerprint density at radius 3 is 1.05 bits per heavy atom. The molecule has 2 nitrogen and oxygen atoms in total. The number of anilines is 3. The molecule has 0 radical (unpaired) electrons. The van der Waals surface area contributed by atoms with E-state index in [1.807, 2.05) is 0 Å². The lowest BCUT2D eigenvalue weighted by Crippen LogP contribution is -2.30. The minimum atomic E-state index is -0.770. The fraction of sp³-hybridized carbons (Fsp3) is 0.0270. The molecule has 1 spiro atoms. The highest BCUT2D eigenvalue weighted by atomic mass is 16.3. The zero-order valence-corrected chi connectivity index (χ0v) is 41.5. The van der Waals surface area contributed by atoms with Crippen molar-refractivity contribution in [2.24, 2.45) is 0 Å². The SMILES string of the molecule is c1ccc(-c2ccccc2C2(c3ccccc3-c3ccccc3)c3ccccc3-c3c(N(c4cccc5c4-c4ccccc4C54c5ccccc5-c5ccccc54)c4cccc5oc6ccccc6c45)cccc32)cc1. The summed E-state index contributed by atoms with van der Waals surface area (Å²) >= 11 is 0. The quantitative estimate of drug-likeness (QED) is 0.158. The molecule has 0 aliphatic heterocycles. The van der Waals surface area contributed by atoms with Crippen molar-refractivity contribution in [2.45, 2.75) is 10.8 Å². The van der Waals surface area contributed by atoms with Gasteiger partial charge in [-0.25, -0.2) is 0 Å². The van der Waals surface area contributed by atoms with Crippen molar-refractivity contribution in [3.63, 3.8) is 0 Å². The molecule has 0 fully saturated rings. The molecule has 0 bridgehead atoms. The van der Waals surface area contributed by atoms with Crippen LogP contribution in [0.15, 0.2) is 290 Å². The maximum atomic E-state index is 6.80. The zero-order chi connectivity index (χ0) is 50.0. The summed E-state index contributed by atoms with van der Waals surface area (Å²) in [6.07, 6.45) is 0. The smallest absolute Gasteiger partial charge is 0.137 e. The maximum Gasteiger partial charge on any atom is 0.137 e. The minimum Gasteiger partial charge on any atom is -0.456 e. The van der Waals surface area contributed by atoms with Crippen molar-refractivity contribution in [2.75, 3.05) is 4.90 Å². The van der Waals surface area contributed by atoms with Crippen LogP contribution in [0.1, 0.15) is 44.5 Å². The van der Waals surface area contributed by atoms with Crippen molar-refractivity contribution < 1.29 is 4.42 Å². The molecular formula is C74H47NO. The predicted molar refractivity (Wildman–Crippen MR) is 313 cm³/mol. The molecule has 354 valence electrons. The van der Waals surface area contributed by atoms with E-state index in [1.165, 1.54) is 100 Å². The molecule has 0 N–H and O–H groups in total. The average molecular weight is 966 g/mol. The van der Waals surface area contributed by atoms with Crippen LogP contribution in [-0.2, 0) is 10.8 Å². The summed E-state index contributed by atoms with van der Waals surface area (Å²) in [6, 6.07) is 106. The van der Waals surface area contributed by atoms with Gasteiger partial charge in [0.25, 0.3) is 0 Å². The second kappa shape index (κ2) is 16.4. The van der Waals surface area contributed by atoms with Gasteiger partial charge in [-0.05, 0) is 119 Å². The van der Waals surface area contributed by atoms with Gasteiger partial charge in [-0.2, -0.15) is 0 Å². The third kappa shape index (κ3) is 5.65. The van der Waals surface area contributed by atoms with Crippen LogP contribution in [0.2, 0.25) is 0 Å². The van der Waals surface area contributed by atoms with Crippen LogP contribution in [0.3, 0.4) is 0 Å². The molecule has 12 aromatic carbocycles. The van der Waals surface area contributed by atoms with E-state index in [4.69, 9.17) is 4.42 Å². The Kier molecular flexibility index (Phi) is 9.20. The molecular weight excluding hydrogens is 919 g/mol. The van der Waals surface area contributed by atoms with E-state index in [1.54, 1.807) is 0 Å². The van der Waals surface area contributed by atoms with E-state index in [2.05, 4.69) is 290 Å². The van der Waals surface area contributed by atoms with Crippen LogP contribution in [0, 0.1) is 0 Å². The lowest BCUT2D eigenvalue weighted by atomic mass is 9.64. The van der Waals surface area contributed by atoms with Crippen LogP contribution in [0.5, 0.6) is 0 Å². The van der Waals surface area contributed by atoms with Gasteiger partial charge in [-0.15, -0.1) is 0 Å². The fourth-order valence-electron chi connectivity index (χ4n) is 14.2. The van der Waals surface area contributed by atoms with Gasteiger partial charge < -0.3 is 9.32 Å². The number of rotatable bonds is 7. The second-order valence-electron chi connectivity index (χ2n) is 20.5. The van der Waals surface area contributed by atoms with Crippen LogP contribution < -0.4 is 4.90 Å². The van der Waals surface area contributed by atoms with Gasteiger partial charge in [-0.3, -0.25) is 0 Å². The van der Waals surface area contributed by atoms with Crippen LogP contribution in [0.4, 0.5) is 17.1 Å². The Morgan fingerprint density at radius 2 is 0.566 bits per heavy atom. The largest absolute Gasteiger partial charge is 0.456 e. The molecule has 1 heterocycles. The first-order chi connectivity index (χ1) is 37.8. The summed E-state index contributed by atoms with van der Waals surface area (Å²) in [7, 11) is 0. The lowest BCUT2D eigenvalue weighted by molar-refractivity contribution is 0.669. The monoisotopic (exact) mass is 965 g/mol. The predicted octanol–water partition coefficient (Wildman–Crippen LogP) is 19.1. The standard InChI is InChI=1S/C74H47NO/c1-3-24-48(25-4-1)50-28-7-14-35-57(50)73(58-36-15-8-29-51(58)49-26-5-2-6-27-49)61-39-18-11-32-54(61)70-63(73)41-21-43-65(70)75(67-45-23-47-69-72(67)56-34-13-20-46-68(56)76-69)66-44-22-42-64-71(66)55-33-12-19-40-62(55)74(64)59-37-16-9-30-52(59)53-31-10-17-38-60(53)74/h1-47H. The minimum absolute atomic E-state index is 0.530. The van der Waals surface area contributed by atoms with E-state index in [-0.39, 0.29) is 0 Å². The van der Waals surface area contributed by atoms with E-state index in [0.29, 0.717) is 0 Å². The van der Waals surface area contributed by atoms with Gasteiger partial charge in [0, 0.05) is 16.5 Å². The number of para-hydroxylation sites is 1. The fourth-order valence-corrected chi connectivity index (χ4v) is 14.2. The van der Waals surface area contributed by atoms with Crippen LogP contribution in [0.25, 0.3) is 77.6 Å². The van der Waals surface area contributed by atoms with E-state index in [9.17, 15) is 0 Å². The van der Waals surface area contributed by atoms with Gasteiger partial charge in [0.2, 0.25) is 0 Å². The summed E-state index contributed by atoms with van der Waals surface area (Å²) in [5, 5.41) is 2.16. The number of benzene rings is 12. The Hall–Kier alpha value is -9.76. The molecule has 0 amide bonds. The number of hydrogen-bond donors (Lipinski definition) is 0. The third-order valence-corrected chi connectivity index (χ3v) is 17.0. The molecule has 0 atom stereocenters. The van der Waals surface area contributed by atoms with Gasteiger partial charge in [-0.1, -0.05) is 255 Å². The van der Waals surface area contributed by atoms with Crippen LogP contribution in [-0.4, -0.2) is 0 Å². The Labute approximate surface area is 442 Å². The molecule has 3 aliphatic rings. The normalized spacial score (nSPS) is 13.7. The average Bonchev–Trinajstić information content (AvgIpc) is 4.38. The first-order valence-electron chi connectivity index (χ1n) is 26.4. The van der Waals surface area contributed by atoms with Gasteiger partial charge in [0.15, 0.2) is 0 Å². The topological polar surface area (TPSA) is 16.4 Å². The highest BCUT2D eigenvalue weighted by Gasteiger charge is 2.53. The molecule has 13 aromatic rings. The maximum absolute atomic E-state index is 6.80. The second-order valence-corrected chi connectivity index (χ2v) is 20.5. The lowest BCUT2D eigenvalue weighted by Gasteiger charge is -2.37. The molecule has 0 unspecified atom stereocenters. The molecule has 76 heavy (non-hydrogen) atoms. The summed E-state index contributed by atoms with van der Waals surface area (Å²) < 4.78 is 6.80. The van der Waals surface area contributed by atoms with Crippen molar-refractivity contribution in [3.8, 4) is 55.6 Å². The Morgan fingerprint density at radius 1 is 0.237 bits per heavy atom. The summed E-state index contributed by atoms with van der Waals surface area (Å²) in [5.74, 6) is 0. The summed E-state index contributed by atoms with van der Waals surface area (Å²) in [6.45, 7) is 0. The first-order valence-corrected chi connectivity index (χ1v) is 26.4. The Balaban J connectivity index is 1.06. The molecule has 0 saturated heterocycles. The van der Waals surface area contributed by atoms with Gasteiger partial charge in [0.05, 0.1) is 33.3 Å². The highest BCUT2D eigenvalue weighted by molar-refractivity contribution is 6.15. The zero-order valence-electron chi connectivity index (χ0n) is 41.5. The van der Waals surface area contributed by atoms with Crippen molar-refractivity contribution in [3.05, 3.63) is 330 Å². The van der Waals surface area contributed by atoms with E-state index in [0.717, 1.165) is 39.0 Å². The van der Waals surface area contributed by atoms with Crippen molar-refractivity contribution in [1.82, 2.24) is 0 Å². The molecule has 3 aliphatic carbocycles. The molecule has 0 saturated carbocycles. The molecule has 16 rings (SSSR count). The first kappa shape index (κ1) is 42.7. The Bertz CT molecular complexity index is 4360. The van der Waals surface area contributed by atoms with Gasteiger partial charge in [0.1, 0.15) is 11.2 Å². The number of fused-ring (bicyclic) bond motifs is 16. The summed E-state index contributed by atoms with van der Waals surface area (Å²) in [5.41, 5.74) is 26.1. The third-order valence-electron chi connectivity index (χ3n) is 17.0. The van der Waals surface area contributed by atoms with Gasteiger partial charge >= 0.3 is 0 Å². The highest BCUT2D eigenvalue weighted by Crippen LogP contribution is 2.67. The summed E-state index contributed by atoms with van der Waals surface area (Å²) in [4.78, 5) is 2.60. The molecule has 2 heteroatoms. The number of nitrogens with zero attached hydrogens (tertiary/aromatic N) is 1. The molecule has 1 aromatic heterocycles. The van der Waals surface area contributed by atoms with E-state index < -0.39 is 10.8 Å². The van der Waals surface area contributed by atoms with Crippen molar-refractivity contribution >= 4 is 39.0 Å². The van der Waals surface area contributed by atoms with E-state index >= 15 is 0 Å². The van der Waals surface area contributed by atoms with Crippen LogP contribution >= 0.6 is 0 Å². The number of hydrogen-bond acceptors (Lipinski definition) is 2.